The van der Waals surface area contributed by atoms with Crippen molar-refractivity contribution in [3.05, 3.63) is 22.0 Å². The summed E-state index contributed by atoms with van der Waals surface area (Å²) >= 11 is 0. The van der Waals surface area contributed by atoms with Crippen molar-refractivity contribution in [2.24, 2.45) is 11.8 Å². The number of hydrogen-bond acceptors (Lipinski definition) is 2. The van der Waals surface area contributed by atoms with E-state index in [2.05, 4.69) is 0 Å². The maximum absolute atomic E-state index is 11.7. The van der Waals surface area contributed by atoms with Gasteiger partial charge in [-0.05, 0) is 25.7 Å². The van der Waals surface area contributed by atoms with Crippen LogP contribution in [0.25, 0.3) is 0 Å². The molecule has 0 rings (SSSR count). The van der Waals surface area contributed by atoms with Gasteiger partial charge in [0.25, 0.3) is 0 Å². The lowest BCUT2D eigenvalue weighted by Crippen LogP contribution is -1.99. The predicted molar refractivity (Wildman–Crippen MR) is 66.1 cm³/mol. The minimum atomic E-state index is -3.19. The summed E-state index contributed by atoms with van der Waals surface area (Å²) in [5.41, 5.74) is 1.78. The molecule has 0 aromatic heterocycles. The van der Waals surface area contributed by atoms with Crippen molar-refractivity contribution in [2.75, 3.05) is 0 Å². The van der Waals surface area contributed by atoms with Crippen LogP contribution >= 0.6 is 0 Å². The zero-order valence-electron chi connectivity index (χ0n) is 10.5. The van der Waals surface area contributed by atoms with Crippen molar-refractivity contribution in [1.82, 2.24) is 0 Å². The fourth-order valence-electron chi connectivity index (χ4n) is 0.824. The highest BCUT2D eigenvalue weighted by Gasteiger charge is 2.08. The molecular formula is C12H22O2S. The van der Waals surface area contributed by atoms with Crippen LogP contribution in [0.2, 0.25) is 0 Å². The van der Waals surface area contributed by atoms with Gasteiger partial charge >= 0.3 is 0 Å². The highest BCUT2D eigenvalue weighted by atomic mass is 32.2. The van der Waals surface area contributed by atoms with Crippen LogP contribution in [0.15, 0.2) is 22.0 Å². The summed E-state index contributed by atoms with van der Waals surface area (Å²) in [6.07, 6.45) is 0. The van der Waals surface area contributed by atoms with Crippen LogP contribution in [0, 0.1) is 11.8 Å². The summed E-state index contributed by atoms with van der Waals surface area (Å²) in [6, 6.07) is 0. The zero-order valence-corrected chi connectivity index (χ0v) is 11.4. The molecule has 88 valence electrons. The van der Waals surface area contributed by atoms with E-state index in [0.29, 0.717) is 0 Å². The van der Waals surface area contributed by atoms with E-state index >= 15 is 0 Å². The van der Waals surface area contributed by atoms with Gasteiger partial charge in [0.1, 0.15) is 0 Å². The van der Waals surface area contributed by atoms with Gasteiger partial charge in [-0.3, -0.25) is 0 Å². The van der Waals surface area contributed by atoms with E-state index in [4.69, 9.17) is 0 Å². The smallest absolute Gasteiger partial charge is 0.192 e. The Morgan fingerprint density at radius 3 is 1.33 bits per heavy atom. The van der Waals surface area contributed by atoms with Crippen LogP contribution in [0.3, 0.4) is 0 Å². The highest BCUT2D eigenvalue weighted by Crippen LogP contribution is 2.15. The summed E-state index contributed by atoms with van der Waals surface area (Å²) in [7, 11) is -3.19. The topological polar surface area (TPSA) is 34.1 Å². The van der Waals surface area contributed by atoms with E-state index in [-0.39, 0.29) is 11.8 Å². The van der Waals surface area contributed by atoms with Crippen molar-refractivity contribution in [3.63, 3.8) is 0 Å². The molecule has 0 bridgehead atoms. The van der Waals surface area contributed by atoms with E-state index in [9.17, 15) is 8.42 Å². The third-order valence-corrected chi connectivity index (χ3v) is 3.92. The first-order chi connectivity index (χ1) is 6.65. The molecule has 0 N–H and O–H groups in total. The summed E-state index contributed by atoms with van der Waals surface area (Å²) in [5, 5.41) is 2.73. The Kier molecular flexibility index (Phi) is 5.29. The van der Waals surface area contributed by atoms with Gasteiger partial charge in [0, 0.05) is 10.8 Å². The zero-order chi connectivity index (χ0) is 12.2. The average Bonchev–Trinajstić information content (AvgIpc) is 2.01. The minimum Gasteiger partial charge on any atom is -0.220 e. The van der Waals surface area contributed by atoms with Gasteiger partial charge in [0.05, 0.1) is 0 Å². The number of rotatable bonds is 4. The van der Waals surface area contributed by atoms with Gasteiger partial charge in [-0.1, -0.05) is 38.8 Å². The van der Waals surface area contributed by atoms with E-state index in [0.717, 1.165) is 11.1 Å². The number of allylic oxidation sites excluding steroid dienone is 2. The van der Waals surface area contributed by atoms with E-state index in [1.165, 1.54) is 10.8 Å². The van der Waals surface area contributed by atoms with Gasteiger partial charge in [-0.15, -0.1) is 0 Å². The maximum atomic E-state index is 11.7. The van der Waals surface area contributed by atoms with Crippen LogP contribution in [-0.2, 0) is 9.84 Å². The molecule has 0 aromatic rings. The lowest BCUT2D eigenvalue weighted by Gasteiger charge is -2.06. The van der Waals surface area contributed by atoms with Crippen molar-refractivity contribution >= 4 is 9.84 Å². The summed E-state index contributed by atoms with van der Waals surface area (Å²) in [4.78, 5) is 0. The Morgan fingerprint density at radius 2 is 1.13 bits per heavy atom. The second-order valence-electron chi connectivity index (χ2n) is 4.62. The summed E-state index contributed by atoms with van der Waals surface area (Å²) < 4.78 is 23.4. The minimum absolute atomic E-state index is 0.271. The molecule has 3 heteroatoms. The normalized spacial score (nSPS) is 15.2. The van der Waals surface area contributed by atoms with Gasteiger partial charge in [0.2, 0.25) is 0 Å². The molecule has 0 aromatic carbocycles. The first-order valence-corrected chi connectivity index (χ1v) is 6.88. The number of hydrogen-bond donors (Lipinski definition) is 0. The molecule has 0 amide bonds. The lowest BCUT2D eigenvalue weighted by molar-refractivity contribution is 0.610. The van der Waals surface area contributed by atoms with Crippen molar-refractivity contribution in [3.8, 4) is 0 Å². The molecular weight excluding hydrogens is 208 g/mol. The largest absolute Gasteiger partial charge is 0.220 e. The third-order valence-electron chi connectivity index (χ3n) is 2.52. The molecule has 0 saturated carbocycles. The first kappa shape index (κ1) is 14.4. The monoisotopic (exact) mass is 230 g/mol. The second-order valence-corrected chi connectivity index (χ2v) is 6.27. The SMILES string of the molecule is CC(=CS(=O)(=O)C=C(C)C(C)C)C(C)C. The Morgan fingerprint density at radius 1 is 0.867 bits per heavy atom. The van der Waals surface area contributed by atoms with E-state index < -0.39 is 9.84 Å². The molecule has 0 saturated heterocycles. The van der Waals surface area contributed by atoms with Crippen LogP contribution in [-0.4, -0.2) is 8.42 Å². The van der Waals surface area contributed by atoms with Gasteiger partial charge in [-0.2, -0.15) is 0 Å². The Bertz CT molecular complexity index is 327. The molecule has 15 heavy (non-hydrogen) atoms. The quantitative estimate of drug-likeness (QED) is 0.740. The van der Waals surface area contributed by atoms with Crippen molar-refractivity contribution in [2.45, 2.75) is 41.5 Å². The van der Waals surface area contributed by atoms with Crippen LogP contribution in [0.5, 0.6) is 0 Å². The molecule has 0 aliphatic rings. The molecule has 0 fully saturated rings. The molecule has 0 unspecified atom stereocenters. The Labute approximate surface area is 94.0 Å². The van der Waals surface area contributed by atoms with Crippen molar-refractivity contribution in [1.29, 1.82) is 0 Å². The van der Waals surface area contributed by atoms with Gasteiger partial charge in [-0.25, -0.2) is 8.42 Å². The fourth-order valence-corrected chi connectivity index (χ4v) is 2.47. The second kappa shape index (κ2) is 5.50. The molecule has 2 nitrogen and oxygen atoms in total. The molecule has 0 aliphatic carbocycles. The van der Waals surface area contributed by atoms with E-state index in [1.54, 1.807) is 0 Å². The average molecular weight is 230 g/mol. The molecule has 0 radical (unpaired) electrons. The summed E-state index contributed by atoms with van der Waals surface area (Å²) in [6.45, 7) is 11.6. The first-order valence-electron chi connectivity index (χ1n) is 5.27. The Hall–Kier alpha value is -0.570. The van der Waals surface area contributed by atoms with Gasteiger partial charge < -0.3 is 0 Å². The molecule has 0 heterocycles. The van der Waals surface area contributed by atoms with Crippen LogP contribution in [0.4, 0.5) is 0 Å². The molecule has 0 atom stereocenters. The summed E-state index contributed by atoms with van der Waals surface area (Å²) in [5.74, 6) is 0.542. The van der Waals surface area contributed by atoms with Crippen LogP contribution < -0.4 is 0 Å². The standard InChI is InChI=1S/C12H22O2S/c1-9(2)11(5)7-15(13,14)8-12(6)10(3)4/h7-10H,1-6H3. The number of sulfone groups is 1. The fraction of sp³-hybridized carbons (Fsp3) is 0.667. The van der Waals surface area contributed by atoms with Crippen molar-refractivity contribution < 1.29 is 8.42 Å². The lowest BCUT2D eigenvalue weighted by atomic mass is 10.1. The maximum Gasteiger partial charge on any atom is 0.192 e. The highest BCUT2D eigenvalue weighted by molar-refractivity contribution is 7.97. The predicted octanol–water partition coefficient (Wildman–Crippen LogP) is 3.52. The molecule has 0 spiro atoms. The van der Waals surface area contributed by atoms with Gasteiger partial charge in [0.15, 0.2) is 9.84 Å². The van der Waals surface area contributed by atoms with Crippen LogP contribution in [0.1, 0.15) is 41.5 Å². The third kappa shape index (κ3) is 5.78. The molecule has 0 aliphatic heterocycles. The Balaban J connectivity index is 5.04. The van der Waals surface area contributed by atoms with E-state index in [1.807, 2.05) is 41.5 Å².